The third-order valence-electron chi connectivity index (χ3n) is 2.92. The van der Waals surface area contributed by atoms with Crippen molar-refractivity contribution in [1.29, 1.82) is 0 Å². The zero-order chi connectivity index (χ0) is 14.6. The van der Waals surface area contributed by atoms with Crippen molar-refractivity contribution in [2.75, 3.05) is 6.54 Å². The minimum atomic E-state index is -4.30. The number of pyridine rings is 1. The third-order valence-corrected chi connectivity index (χ3v) is 2.92. The first-order valence-corrected chi connectivity index (χ1v) is 6.33. The van der Waals surface area contributed by atoms with Gasteiger partial charge in [-0.05, 0) is 35.9 Å². The fourth-order valence-corrected chi connectivity index (χ4v) is 1.86. The number of halogens is 3. The Morgan fingerprint density at radius 1 is 1.05 bits per heavy atom. The van der Waals surface area contributed by atoms with Gasteiger partial charge in [0.1, 0.15) is 0 Å². The van der Waals surface area contributed by atoms with Gasteiger partial charge in [0, 0.05) is 24.5 Å². The van der Waals surface area contributed by atoms with Crippen LogP contribution in [0.2, 0.25) is 0 Å². The van der Waals surface area contributed by atoms with E-state index in [0.29, 0.717) is 6.54 Å². The lowest BCUT2D eigenvalue weighted by atomic mass is 10.0. The highest BCUT2D eigenvalue weighted by Gasteiger charge is 2.29. The molecule has 0 aliphatic carbocycles. The van der Waals surface area contributed by atoms with E-state index in [1.54, 1.807) is 12.4 Å². The van der Waals surface area contributed by atoms with Crippen LogP contribution < -0.4 is 5.32 Å². The van der Waals surface area contributed by atoms with E-state index in [2.05, 4.69) is 10.3 Å². The fourth-order valence-electron chi connectivity index (χ4n) is 1.86. The molecule has 1 aromatic heterocycles. The Bertz CT molecular complexity index is 562. The maximum Gasteiger partial charge on any atom is 0.416 e. The Balaban J connectivity index is 2.23. The van der Waals surface area contributed by atoms with E-state index >= 15 is 0 Å². The number of nitrogens with one attached hydrogen (secondary N) is 1. The number of hydrogen-bond acceptors (Lipinski definition) is 2. The fraction of sp³-hybridized carbons (Fsp3) is 0.267. The number of rotatable bonds is 4. The van der Waals surface area contributed by atoms with E-state index < -0.39 is 11.7 Å². The van der Waals surface area contributed by atoms with Crippen LogP contribution in [-0.2, 0) is 12.7 Å². The van der Waals surface area contributed by atoms with Gasteiger partial charge in [0.15, 0.2) is 0 Å². The second-order valence-electron chi connectivity index (χ2n) is 4.44. The van der Waals surface area contributed by atoms with E-state index in [4.69, 9.17) is 0 Å². The molecule has 0 atom stereocenters. The Kier molecular flexibility index (Phi) is 4.39. The van der Waals surface area contributed by atoms with Gasteiger partial charge in [0.25, 0.3) is 0 Å². The van der Waals surface area contributed by atoms with Crippen molar-refractivity contribution in [3.05, 3.63) is 53.9 Å². The monoisotopic (exact) mass is 280 g/mol. The van der Waals surface area contributed by atoms with Crippen LogP contribution in [0.5, 0.6) is 0 Å². The van der Waals surface area contributed by atoms with E-state index in [0.717, 1.165) is 35.4 Å². The summed E-state index contributed by atoms with van der Waals surface area (Å²) < 4.78 is 37.5. The lowest BCUT2D eigenvalue weighted by molar-refractivity contribution is -0.137. The molecule has 1 heterocycles. The van der Waals surface area contributed by atoms with Crippen LogP contribution in [0.25, 0.3) is 11.1 Å². The zero-order valence-electron chi connectivity index (χ0n) is 11.0. The molecule has 0 spiro atoms. The maximum atomic E-state index is 12.5. The number of hydrogen-bond donors (Lipinski definition) is 1. The molecule has 0 aliphatic heterocycles. The van der Waals surface area contributed by atoms with Gasteiger partial charge in [0.2, 0.25) is 0 Å². The molecular weight excluding hydrogens is 265 g/mol. The predicted octanol–water partition coefficient (Wildman–Crippen LogP) is 3.88. The number of benzene rings is 1. The minimum absolute atomic E-state index is 0.641. The molecule has 0 bridgehead atoms. The highest BCUT2D eigenvalue weighted by Crippen LogP contribution is 2.30. The van der Waals surface area contributed by atoms with E-state index in [1.807, 2.05) is 13.0 Å². The first-order chi connectivity index (χ1) is 9.50. The van der Waals surface area contributed by atoms with E-state index in [9.17, 15) is 13.2 Å². The molecule has 0 saturated carbocycles. The van der Waals surface area contributed by atoms with Crippen LogP contribution in [0.3, 0.4) is 0 Å². The highest BCUT2D eigenvalue weighted by molar-refractivity contribution is 5.63. The second-order valence-corrected chi connectivity index (χ2v) is 4.44. The quantitative estimate of drug-likeness (QED) is 0.919. The molecule has 0 aliphatic rings. The molecule has 0 saturated heterocycles. The van der Waals surface area contributed by atoms with Gasteiger partial charge in [-0.2, -0.15) is 13.2 Å². The maximum absolute atomic E-state index is 12.5. The number of nitrogens with zero attached hydrogens (tertiary/aromatic N) is 1. The highest BCUT2D eigenvalue weighted by atomic mass is 19.4. The van der Waals surface area contributed by atoms with Crippen LogP contribution >= 0.6 is 0 Å². The molecule has 0 fully saturated rings. The minimum Gasteiger partial charge on any atom is -0.313 e. The van der Waals surface area contributed by atoms with Crippen LogP contribution in [0.1, 0.15) is 18.1 Å². The van der Waals surface area contributed by atoms with Gasteiger partial charge in [-0.1, -0.05) is 19.1 Å². The van der Waals surface area contributed by atoms with Crippen molar-refractivity contribution in [2.24, 2.45) is 0 Å². The Hall–Kier alpha value is -1.88. The van der Waals surface area contributed by atoms with Gasteiger partial charge in [-0.25, -0.2) is 0 Å². The molecule has 0 unspecified atom stereocenters. The van der Waals surface area contributed by atoms with Gasteiger partial charge in [-0.15, -0.1) is 0 Å². The number of alkyl halides is 3. The smallest absolute Gasteiger partial charge is 0.313 e. The van der Waals surface area contributed by atoms with Crippen molar-refractivity contribution in [2.45, 2.75) is 19.6 Å². The van der Waals surface area contributed by atoms with Crippen LogP contribution in [-0.4, -0.2) is 11.5 Å². The van der Waals surface area contributed by atoms with Crippen molar-refractivity contribution in [1.82, 2.24) is 10.3 Å². The van der Waals surface area contributed by atoms with Crippen molar-refractivity contribution in [3.63, 3.8) is 0 Å². The molecule has 0 amide bonds. The molecule has 2 nitrogen and oxygen atoms in total. The summed E-state index contributed by atoms with van der Waals surface area (Å²) in [6, 6.07) is 7.05. The molecule has 1 N–H and O–H groups in total. The molecule has 20 heavy (non-hydrogen) atoms. The van der Waals surface area contributed by atoms with Crippen molar-refractivity contribution < 1.29 is 13.2 Å². The van der Waals surface area contributed by atoms with Gasteiger partial charge >= 0.3 is 6.18 Å². The second kappa shape index (κ2) is 6.05. The summed E-state index contributed by atoms with van der Waals surface area (Å²) in [5, 5.41) is 3.18. The summed E-state index contributed by atoms with van der Waals surface area (Å²) in [7, 11) is 0. The Morgan fingerprint density at radius 2 is 1.75 bits per heavy atom. The van der Waals surface area contributed by atoms with Crippen LogP contribution in [0, 0.1) is 0 Å². The standard InChI is InChI=1S/C15H15F3N2/c1-2-19-8-11-7-13(10-20-9-11)12-3-5-14(6-4-12)15(16,17)18/h3-7,9-10,19H,2,8H2,1H3. The SMILES string of the molecule is CCNCc1cncc(-c2ccc(C(F)(F)F)cc2)c1. The molecule has 1 aromatic carbocycles. The molecule has 2 rings (SSSR count). The largest absolute Gasteiger partial charge is 0.416 e. The average Bonchev–Trinajstić information content (AvgIpc) is 2.45. The first-order valence-electron chi connectivity index (χ1n) is 6.33. The summed E-state index contributed by atoms with van der Waals surface area (Å²) in [4.78, 5) is 4.12. The Labute approximate surface area is 115 Å². The summed E-state index contributed by atoms with van der Waals surface area (Å²) in [5.74, 6) is 0. The first kappa shape index (κ1) is 14.5. The molecule has 0 radical (unpaired) electrons. The van der Waals surface area contributed by atoms with Gasteiger partial charge in [-0.3, -0.25) is 4.98 Å². The van der Waals surface area contributed by atoms with E-state index in [-0.39, 0.29) is 0 Å². The summed E-state index contributed by atoms with van der Waals surface area (Å²) >= 11 is 0. The summed E-state index contributed by atoms with van der Waals surface area (Å²) in [6.45, 7) is 3.55. The molecule has 2 aromatic rings. The normalized spacial score (nSPS) is 11.6. The van der Waals surface area contributed by atoms with E-state index in [1.165, 1.54) is 12.1 Å². The molecular formula is C15H15F3N2. The lowest BCUT2D eigenvalue weighted by Gasteiger charge is -2.08. The molecule has 106 valence electrons. The van der Waals surface area contributed by atoms with Crippen molar-refractivity contribution >= 4 is 0 Å². The third kappa shape index (κ3) is 3.57. The lowest BCUT2D eigenvalue weighted by Crippen LogP contribution is -2.11. The van der Waals surface area contributed by atoms with Gasteiger partial charge < -0.3 is 5.32 Å². The topological polar surface area (TPSA) is 24.9 Å². The Morgan fingerprint density at radius 3 is 2.35 bits per heavy atom. The van der Waals surface area contributed by atoms with Crippen LogP contribution in [0.15, 0.2) is 42.7 Å². The van der Waals surface area contributed by atoms with Crippen LogP contribution in [0.4, 0.5) is 13.2 Å². The predicted molar refractivity (Wildman–Crippen MR) is 72.1 cm³/mol. The zero-order valence-corrected chi connectivity index (χ0v) is 11.0. The summed E-state index contributed by atoms with van der Waals surface area (Å²) in [5.41, 5.74) is 1.90. The average molecular weight is 280 g/mol. The van der Waals surface area contributed by atoms with Crippen molar-refractivity contribution in [3.8, 4) is 11.1 Å². The number of aromatic nitrogens is 1. The molecule has 5 heteroatoms. The summed E-state index contributed by atoms with van der Waals surface area (Å²) in [6.07, 6.45) is -0.905. The van der Waals surface area contributed by atoms with Gasteiger partial charge in [0.05, 0.1) is 5.56 Å².